The molecule has 0 aromatic heterocycles. The molecule has 1 atom stereocenters. The van der Waals surface area contributed by atoms with Gasteiger partial charge < -0.3 is 5.32 Å². The van der Waals surface area contributed by atoms with E-state index >= 15 is 0 Å². The zero-order valence-corrected chi connectivity index (χ0v) is 20.7. The van der Waals surface area contributed by atoms with Gasteiger partial charge in [0, 0.05) is 16.9 Å². The maximum atomic E-state index is 13.7. The van der Waals surface area contributed by atoms with Gasteiger partial charge >= 0.3 is 0 Å². The van der Waals surface area contributed by atoms with E-state index in [1.54, 1.807) is 0 Å². The SMILES string of the molecule is O=C(CCCCc1ccccc1)[C@H](Cc1ccc(Cl)cc1)NC(=O)C12CC3CC(CC(C3)C1)C2. The third-order valence-electron chi connectivity index (χ3n) is 8.55. The second-order valence-corrected chi connectivity index (χ2v) is 11.6. The molecule has 1 N–H and O–H groups in total. The van der Waals surface area contributed by atoms with Crippen LogP contribution in [0.1, 0.15) is 68.9 Å². The van der Waals surface area contributed by atoms with Crippen molar-refractivity contribution >= 4 is 23.3 Å². The predicted molar refractivity (Wildman–Crippen MR) is 137 cm³/mol. The third-order valence-corrected chi connectivity index (χ3v) is 8.80. The van der Waals surface area contributed by atoms with Crippen molar-refractivity contribution in [2.24, 2.45) is 23.2 Å². The number of benzene rings is 2. The van der Waals surface area contributed by atoms with Gasteiger partial charge in [-0.25, -0.2) is 0 Å². The number of halogens is 1. The van der Waals surface area contributed by atoms with Crippen LogP contribution in [0.15, 0.2) is 54.6 Å². The van der Waals surface area contributed by atoms with E-state index in [0.29, 0.717) is 35.6 Å². The minimum absolute atomic E-state index is 0.142. The minimum Gasteiger partial charge on any atom is -0.345 e. The maximum Gasteiger partial charge on any atom is 0.226 e. The Morgan fingerprint density at radius 2 is 1.47 bits per heavy atom. The Kier molecular flexibility index (Phi) is 7.11. The second-order valence-electron chi connectivity index (χ2n) is 11.2. The van der Waals surface area contributed by atoms with E-state index in [4.69, 9.17) is 11.6 Å². The van der Waals surface area contributed by atoms with Gasteiger partial charge in [0.15, 0.2) is 5.78 Å². The standard InChI is InChI=1S/C30H36ClNO2/c31-26-12-10-22(11-13-26)17-27(28(33)9-5-4-8-21-6-2-1-3-7-21)32-29(34)30-18-23-14-24(19-30)16-25(15-23)20-30/h1-3,6-7,10-13,23-25,27H,4-5,8-9,14-20H2,(H,32,34)/t23?,24?,25?,27-,30?/m0/s1. The molecule has 34 heavy (non-hydrogen) atoms. The van der Waals surface area contributed by atoms with Crippen molar-refractivity contribution in [3.8, 4) is 0 Å². The van der Waals surface area contributed by atoms with Gasteiger partial charge in [0.1, 0.15) is 0 Å². The van der Waals surface area contributed by atoms with Crippen molar-refractivity contribution in [2.75, 3.05) is 0 Å². The van der Waals surface area contributed by atoms with Crippen LogP contribution in [-0.2, 0) is 22.4 Å². The summed E-state index contributed by atoms with van der Waals surface area (Å²) in [5, 5.41) is 3.96. The van der Waals surface area contributed by atoms with Crippen LogP contribution in [0, 0.1) is 23.2 Å². The normalized spacial score (nSPS) is 28.0. The van der Waals surface area contributed by atoms with Gasteiger partial charge in [0.25, 0.3) is 0 Å². The quantitative estimate of drug-likeness (QED) is 0.393. The van der Waals surface area contributed by atoms with Gasteiger partial charge in [0.2, 0.25) is 5.91 Å². The van der Waals surface area contributed by atoms with Crippen molar-refractivity contribution < 1.29 is 9.59 Å². The molecule has 2 aromatic carbocycles. The number of aryl methyl sites for hydroxylation is 1. The monoisotopic (exact) mass is 477 g/mol. The Balaban J connectivity index is 1.23. The van der Waals surface area contributed by atoms with Gasteiger partial charge in [-0.3, -0.25) is 9.59 Å². The van der Waals surface area contributed by atoms with E-state index in [0.717, 1.165) is 44.1 Å². The molecule has 4 bridgehead atoms. The topological polar surface area (TPSA) is 46.2 Å². The first-order valence-corrected chi connectivity index (χ1v) is 13.5. The molecule has 4 fully saturated rings. The number of carbonyl (C=O) groups excluding carboxylic acids is 2. The number of rotatable bonds is 10. The molecular formula is C30H36ClNO2. The lowest BCUT2D eigenvalue weighted by Gasteiger charge is -2.55. The molecule has 4 aliphatic carbocycles. The Labute approximate surface area is 208 Å². The maximum absolute atomic E-state index is 13.7. The van der Waals surface area contributed by atoms with E-state index in [-0.39, 0.29) is 17.1 Å². The van der Waals surface area contributed by atoms with Crippen LogP contribution in [0.25, 0.3) is 0 Å². The summed E-state index contributed by atoms with van der Waals surface area (Å²) in [4.78, 5) is 27.0. The molecule has 180 valence electrons. The molecule has 4 heteroatoms. The number of amides is 1. The lowest BCUT2D eigenvalue weighted by atomic mass is 9.49. The number of nitrogens with one attached hydrogen (secondary N) is 1. The molecule has 3 nitrogen and oxygen atoms in total. The number of carbonyl (C=O) groups is 2. The molecular weight excluding hydrogens is 442 g/mol. The third kappa shape index (κ3) is 5.40. The zero-order valence-electron chi connectivity index (χ0n) is 20.0. The average molecular weight is 478 g/mol. The number of hydrogen-bond acceptors (Lipinski definition) is 2. The van der Waals surface area contributed by atoms with E-state index in [2.05, 4.69) is 29.6 Å². The summed E-state index contributed by atoms with van der Waals surface area (Å²) in [6.45, 7) is 0. The number of unbranched alkanes of at least 4 members (excludes halogenated alkanes) is 1. The molecule has 4 saturated carbocycles. The number of ketones is 1. The fourth-order valence-electron chi connectivity index (χ4n) is 7.25. The van der Waals surface area contributed by atoms with Crippen LogP contribution in [0.5, 0.6) is 0 Å². The van der Waals surface area contributed by atoms with E-state index in [1.807, 2.05) is 30.3 Å². The first-order valence-electron chi connectivity index (χ1n) is 13.1. The van der Waals surface area contributed by atoms with Gasteiger partial charge in [-0.15, -0.1) is 0 Å². The first-order chi connectivity index (χ1) is 16.5. The van der Waals surface area contributed by atoms with Crippen molar-refractivity contribution in [2.45, 2.75) is 76.7 Å². The lowest BCUT2D eigenvalue weighted by Crippen LogP contribution is -2.56. The number of hydrogen-bond donors (Lipinski definition) is 1. The Bertz CT molecular complexity index is 965. The Morgan fingerprint density at radius 3 is 2.09 bits per heavy atom. The smallest absolute Gasteiger partial charge is 0.226 e. The number of Topliss-reactive ketones (excluding diaryl/α,β-unsaturated/α-hetero) is 1. The van der Waals surface area contributed by atoms with Crippen LogP contribution in [0.2, 0.25) is 5.02 Å². The molecule has 0 saturated heterocycles. The molecule has 0 spiro atoms. The van der Waals surface area contributed by atoms with Crippen molar-refractivity contribution in [1.29, 1.82) is 0 Å². The highest BCUT2D eigenvalue weighted by molar-refractivity contribution is 6.30. The van der Waals surface area contributed by atoms with E-state index in [9.17, 15) is 9.59 Å². The van der Waals surface area contributed by atoms with Crippen LogP contribution in [0.4, 0.5) is 0 Å². The van der Waals surface area contributed by atoms with Gasteiger partial charge in [-0.2, -0.15) is 0 Å². The molecule has 2 aromatic rings. The van der Waals surface area contributed by atoms with Crippen molar-refractivity contribution in [3.63, 3.8) is 0 Å². The molecule has 0 heterocycles. The van der Waals surface area contributed by atoms with E-state index < -0.39 is 6.04 Å². The first kappa shape index (κ1) is 23.6. The van der Waals surface area contributed by atoms with Crippen LogP contribution in [0.3, 0.4) is 0 Å². The van der Waals surface area contributed by atoms with Crippen LogP contribution >= 0.6 is 11.6 Å². The van der Waals surface area contributed by atoms with Crippen molar-refractivity contribution in [3.05, 3.63) is 70.7 Å². The lowest BCUT2D eigenvalue weighted by molar-refractivity contribution is -0.148. The van der Waals surface area contributed by atoms with Gasteiger partial charge in [-0.1, -0.05) is 54.1 Å². The summed E-state index contributed by atoms with van der Waals surface area (Å²) in [6.07, 6.45) is 10.8. The molecule has 1 amide bonds. The minimum atomic E-state index is -0.460. The molecule has 0 aliphatic heterocycles. The summed E-state index contributed by atoms with van der Waals surface area (Å²) >= 11 is 6.07. The summed E-state index contributed by atoms with van der Waals surface area (Å²) in [7, 11) is 0. The average Bonchev–Trinajstić information content (AvgIpc) is 2.82. The fraction of sp³-hybridized carbons (Fsp3) is 0.533. The highest BCUT2D eigenvalue weighted by Crippen LogP contribution is 2.60. The van der Waals surface area contributed by atoms with Gasteiger partial charge in [0.05, 0.1) is 6.04 Å². The molecule has 4 aliphatic rings. The Hall–Kier alpha value is -2.13. The summed E-state index contributed by atoms with van der Waals surface area (Å²) in [5.41, 5.74) is 2.11. The highest BCUT2D eigenvalue weighted by Gasteiger charge is 2.54. The molecule has 0 radical (unpaired) electrons. The highest BCUT2D eigenvalue weighted by atomic mass is 35.5. The summed E-state index contributed by atoms with van der Waals surface area (Å²) < 4.78 is 0. The summed E-state index contributed by atoms with van der Waals surface area (Å²) in [5.74, 6) is 2.42. The summed E-state index contributed by atoms with van der Waals surface area (Å²) in [6, 6.07) is 17.6. The molecule has 0 unspecified atom stereocenters. The van der Waals surface area contributed by atoms with Crippen molar-refractivity contribution in [1.82, 2.24) is 5.32 Å². The zero-order chi connectivity index (χ0) is 23.5. The van der Waals surface area contributed by atoms with Gasteiger partial charge in [-0.05, 0) is 105 Å². The van der Waals surface area contributed by atoms with Crippen LogP contribution in [-0.4, -0.2) is 17.7 Å². The fourth-order valence-corrected chi connectivity index (χ4v) is 7.37. The van der Waals surface area contributed by atoms with Crippen LogP contribution < -0.4 is 5.32 Å². The largest absolute Gasteiger partial charge is 0.345 e. The predicted octanol–water partition coefficient (Wildman–Crippen LogP) is 6.57. The van der Waals surface area contributed by atoms with E-state index in [1.165, 1.54) is 24.8 Å². The molecule has 6 rings (SSSR count). The second kappa shape index (κ2) is 10.2. The Morgan fingerprint density at radius 1 is 0.853 bits per heavy atom.